The Bertz CT molecular complexity index is 369. The van der Waals surface area contributed by atoms with Gasteiger partial charge in [0, 0.05) is 13.1 Å². The fraction of sp³-hybridized carbons (Fsp3) is 0.500. The second kappa shape index (κ2) is 3.68. The molecule has 1 aromatic heterocycles. The molecule has 1 aromatic rings. The van der Waals surface area contributed by atoms with Crippen molar-refractivity contribution in [3.8, 4) is 0 Å². The van der Waals surface area contributed by atoms with Crippen LogP contribution in [-0.4, -0.2) is 49.7 Å². The van der Waals surface area contributed by atoms with Crippen LogP contribution >= 0.6 is 0 Å². The molecule has 0 spiro atoms. The van der Waals surface area contributed by atoms with E-state index in [2.05, 4.69) is 10.1 Å². The summed E-state index contributed by atoms with van der Waals surface area (Å²) >= 11 is 0. The Morgan fingerprint density at radius 3 is 2.73 bits per heavy atom. The number of nitrogens with zero attached hydrogens (tertiary/aromatic N) is 4. The van der Waals surface area contributed by atoms with Crippen LogP contribution in [0.4, 0.5) is 0 Å². The van der Waals surface area contributed by atoms with Crippen LogP contribution in [0.25, 0.3) is 0 Å². The van der Waals surface area contributed by atoms with E-state index in [4.69, 9.17) is 5.11 Å². The lowest BCUT2D eigenvalue weighted by atomic mass is 10.0. The summed E-state index contributed by atoms with van der Waals surface area (Å²) in [6, 6.07) is 0. The topological polar surface area (TPSA) is 88.3 Å². The number of likely N-dealkylation sites (tertiary alicyclic amines) is 1. The molecule has 2 heterocycles. The molecule has 1 fully saturated rings. The van der Waals surface area contributed by atoms with Gasteiger partial charge in [-0.3, -0.25) is 9.59 Å². The average molecular weight is 210 g/mol. The summed E-state index contributed by atoms with van der Waals surface area (Å²) < 4.78 is 1.41. The summed E-state index contributed by atoms with van der Waals surface area (Å²) in [6.07, 6.45) is 2.80. The monoisotopic (exact) mass is 210 g/mol. The van der Waals surface area contributed by atoms with Gasteiger partial charge in [0.05, 0.1) is 5.92 Å². The van der Waals surface area contributed by atoms with Crippen molar-refractivity contribution in [2.75, 3.05) is 13.1 Å². The molecule has 1 aliphatic rings. The highest BCUT2D eigenvalue weighted by atomic mass is 16.4. The van der Waals surface area contributed by atoms with Crippen LogP contribution in [-0.2, 0) is 16.1 Å². The van der Waals surface area contributed by atoms with Gasteiger partial charge in [0.1, 0.15) is 19.2 Å². The molecule has 0 saturated carbocycles. The number of carboxylic acids is 1. The number of aliphatic carboxylic acids is 1. The van der Waals surface area contributed by atoms with Crippen molar-refractivity contribution in [3.05, 3.63) is 12.7 Å². The van der Waals surface area contributed by atoms with Crippen LogP contribution in [0.2, 0.25) is 0 Å². The molecule has 0 atom stereocenters. The zero-order valence-corrected chi connectivity index (χ0v) is 7.91. The number of rotatable bonds is 3. The van der Waals surface area contributed by atoms with Crippen molar-refractivity contribution in [2.45, 2.75) is 6.54 Å². The van der Waals surface area contributed by atoms with Crippen LogP contribution < -0.4 is 0 Å². The molecule has 1 N–H and O–H groups in total. The van der Waals surface area contributed by atoms with Gasteiger partial charge < -0.3 is 10.0 Å². The van der Waals surface area contributed by atoms with Crippen molar-refractivity contribution in [1.29, 1.82) is 0 Å². The maximum Gasteiger partial charge on any atom is 0.310 e. The minimum Gasteiger partial charge on any atom is -0.481 e. The van der Waals surface area contributed by atoms with Crippen LogP contribution in [0.15, 0.2) is 12.7 Å². The number of carbonyl (C=O) groups excluding carboxylic acids is 1. The van der Waals surface area contributed by atoms with Gasteiger partial charge in [0.25, 0.3) is 0 Å². The van der Waals surface area contributed by atoms with Crippen LogP contribution in [0.5, 0.6) is 0 Å². The highest BCUT2D eigenvalue weighted by molar-refractivity contribution is 5.80. The van der Waals surface area contributed by atoms with Gasteiger partial charge in [-0.2, -0.15) is 5.10 Å². The zero-order chi connectivity index (χ0) is 10.8. The van der Waals surface area contributed by atoms with E-state index in [-0.39, 0.29) is 12.5 Å². The average Bonchev–Trinajstić information content (AvgIpc) is 2.52. The molecule has 7 heteroatoms. The first-order valence-corrected chi connectivity index (χ1v) is 4.50. The van der Waals surface area contributed by atoms with Gasteiger partial charge in [-0.25, -0.2) is 9.67 Å². The number of hydrogen-bond donors (Lipinski definition) is 1. The first-order chi connectivity index (χ1) is 7.16. The normalized spacial score (nSPS) is 16.1. The van der Waals surface area contributed by atoms with Crippen molar-refractivity contribution in [2.24, 2.45) is 5.92 Å². The van der Waals surface area contributed by atoms with Crippen molar-refractivity contribution >= 4 is 11.9 Å². The Morgan fingerprint density at radius 2 is 2.20 bits per heavy atom. The van der Waals surface area contributed by atoms with E-state index < -0.39 is 11.9 Å². The molecule has 15 heavy (non-hydrogen) atoms. The van der Waals surface area contributed by atoms with E-state index >= 15 is 0 Å². The van der Waals surface area contributed by atoms with E-state index in [9.17, 15) is 9.59 Å². The first-order valence-electron chi connectivity index (χ1n) is 4.50. The Kier molecular flexibility index (Phi) is 2.36. The predicted molar refractivity (Wildman–Crippen MR) is 47.7 cm³/mol. The summed E-state index contributed by atoms with van der Waals surface area (Å²) in [7, 11) is 0. The minimum atomic E-state index is -0.847. The van der Waals surface area contributed by atoms with E-state index in [0.29, 0.717) is 13.1 Å². The maximum absolute atomic E-state index is 11.5. The zero-order valence-electron chi connectivity index (χ0n) is 7.91. The molecule has 1 saturated heterocycles. The Hall–Kier alpha value is -1.92. The quantitative estimate of drug-likeness (QED) is 0.678. The number of carboxylic acid groups (broad SMARTS) is 1. The Balaban J connectivity index is 1.82. The summed E-state index contributed by atoms with van der Waals surface area (Å²) in [5, 5.41) is 12.4. The van der Waals surface area contributed by atoms with Crippen LogP contribution in [0.3, 0.4) is 0 Å². The molecular formula is C8H10N4O3. The largest absolute Gasteiger partial charge is 0.481 e. The third-order valence-corrected chi connectivity index (χ3v) is 2.35. The third-order valence-electron chi connectivity index (χ3n) is 2.35. The second-order valence-corrected chi connectivity index (χ2v) is 3.43. The highest BCUT2D eigenvalue weighted by Crippen LogP contribution is 2.15. The number of carbonyl (C=O) groups is 2. The molecule has 7 nitrogen and oxygen atoms in total. The summed E-state index contributed by atoms with van der Waals surface area (Å²) in [5.74, 6) is -1.39. The molecule has 1 amide bonds. The molecule has 0 bridgehead atoms. The highest BCUT2D eigenvalue weighted by Gasteiger charge is 2.35. The molecule has 0 aliphatic carbocycles. The van der Waals surface area contributed by atoms with Gasteiger partial charge in [-0.05, 0) is 0 Å². The summed E-state index contributed by atoms with van der Waals surface area (Å²) in [4.78, 5) is 27.2. The second-order valence-electron chi connectivity index (χ2n) is 3.43. The van der Waals surface area contributed by atoms with Crippen molar-refractivity contribution in [1.82, 2.24) is 19.7 Å². The van der Waals surface area contributed by atoms with Crippen LogP contribution in [0, 0.1) is 5.92 Å². The van der Waals surface area contributed by atoms with Gasteiger partial charge in [-0.1, -0.05) is 0 Å². The Labute approximate surface area is 85.3 Å². The minimum absolute atomic E-state index is 0.117. The van der Waals surface area contributed by atoms with E-state index in [1.54, 1.807) is 0 Å². The SMILES string of the molecule is O=C(O)C1CN(C(=O)Cn2cncn2)C1. The van der Waals surface area contributed by atoms with Gasteiger partial charge in [0.15, 0.2) is 0 Å². The number of aromatic nitrogens is 3. The molecule has 2 rings (SSSR count). The number of amides is 1. The number of hydrogen-bond acceptors (Lipinski definition) is 4. The van der Waals surface area contributed by atoms with Gasteiger partial charge in [-0.15, -0.1) is 0 Å². The molecular weight excluding hydrogens is 200 g/mol. The smallest absolute Gasteiger partial charge is 0.310 e. The molecule has 80 valence electrons. The van der Waals surface area contributed by atoms with Gasteiger partial charge in [0.2, 0.25) is 5.91 Å². The lowest BCUT2D eigenvalue weighted by Gasteiger charge is -2.36. The van der Waals surface area contributed by atoms with E-state index in [1.165, 1.54) is 22.2 Å². The standard InChI is InChI=1S/C8H10N4O3/c13-7(3-12-5-9-4-10-12)11-1-6(2-11)8(14)15/h4-6H,1-3H2,(H,14,15). The summed E-state index contributed by atoms with van der Waals surface area (Å²) in [5.41, 5.74) is 0. The molecule has 0 radical (unpaired) electrons. The fourth-order valence-corrected chi connectivity index (χ4v) is 1.39. The van der Waals surface area contributed by atoms with Crippen molar-refractivity contribution < 1.29 is 14.7 Å². The van der Waals surface area contributed by atoms with E-state index in [0.717, 1.165) is 0 Å². The molecule has 0 unspecified atom stereocenters. The molecule has 0 aromatic carbocycles. The fourth-order valence-electron chi connectivity index (χ4n) is 1.39. The summed E-state index contributed by atoms with van der Waals surface area (Å²) in [6.45, 7) is 0.706. The lowest BCUT2D eigenvalue weighted by Crippen LogP contribution is -2.53. The Morgan fingerprint density at radius 1 is 1.47 bits per heavy atom. The molecule has 1 aliphatic heterocycles. The predicted octanol–water partition coefficient (Wildman–Crippen LogP) is -1.18. The third kappa shape index (κ3) is 1.95. The van der Waals surface area contributed by atoms with Crippen LogP contribution in [0.1, 0.15) is 0 Å². The lowest BCUT2D eigenvalue weighted by molar-refractivity contribution is -0.153. The van der Waals surface area contributed by atoms with Gasteiger partial charge >= 0.3 is 5.97 Å². The van der Waals surface area contributed by atoms with Crippen molar-refractivity contribution in [3.63, 3.8) is 0 Å². The first kappa shape index (κ1) is 9.63. The van der Waals surface area contributed by atoms with E-state index in [1.807, 2.05) is 0 Å². The maximum atomic E-state index is 11.5.